The van der Waals surface area contributed by atoms with Crippen LogP contribution in [0.4, 0.5) is 16.3 Å². The summed E-state index contributed by atoms with van der Waals surface area (Å²) >= 11 is 6.03. The van der Waals surface area contributed by atoms with Crippen LogP contribution < -0.4 is 16.4 Å². The van der Waals surface area contributed by atoms with Gasteiger partial charge in [-0.1, -0.05) is 54.1 Å². The molecule has 0 fully saturated rings. The van der Waals surface area contributed by atoms with Crippen LogP contribution in [-0.2, 0) is 6.54 Å². The third-order valence-corrected chi connectivity index (χ3v) is 4.84. The zero-order valence-electron chi connectivity index (χ0n) is 17.2. The van der Waals surface area contributed by atoms with E-state index in [2.05, 4.69) is 20.6 Å². The number of nitrogens with two attached hydrogens (primary N) is 1. The Bertz CT molecular complexity index is 969. The number of anilines is 2. The third-order valence-electron chi connectivity index (χ3n) is 4.59. The minimum Gasteiger partial charge on any atom is -0.382 e. The Kier molecular flexibility index (Phi) is 7.32. The van der Waals surface area contributed by atoms with Crippen molar-refractivity contribution in [1.82, 2.24) is 20.0 Å². The van der Waals surface area contributed by atoms with Crippen LogP contribution in [0, 0.1) is 0 Å². The molecule has 1 heterocycles. The number of nitrogens with one attached hydrogen (secondary N) is 2. The Labute approximate surface area is 181 Å². The second-order valence-electron chi connectivity index (χ2n) is 7.30. The fraction of sp³-hybridized carbons (Fsp3) is 0.273. The molecule has 158 valence electrons. The Morgan fingerprint density at radius 2 is 1.83 bits per heavy atom. The van der Waals surface area contributed by atoms with Crippen molar-refractivity contribution in [3.63, 3.8) is 0 Å². The number of hydrogen-bond donors (Lipinski definition) is 3. The predicted octanol–water partition coefficient (Wildman–Crippen LogP) is 3.91. The number of hydrogen-bond acceptors (Lipinski definition) is 4. The number of urea groups is 1. The molecule has 4 N–H and O–H groups in total. The topological polar surface area (TPSA) is 88.2 Å². The van der Waals surface area contributed by atoms with Crippen molar-refractivity contribution in [2.75, 3.05) is 38.2 Å². The van der Waals surface area contributed by atoms with Crippen molar-refractivity contribution in [1.29, 1.82) is 0 Å². The minimum atomic E-state index is -0.310. The highest BCUT2D eigenvalue weighted by molar-refractivity contribution is 6.30. The molecule has 0 aliphatic rings. The maximum absolute atomic E-state index is 12.5. The monoisotopic (exact) mass is 426 g/mol. The molecule has 0 unspecified atom stereocenters. The predicted molar refractivity (Wildman–Crippen MR) is 123 cm³/mol. The average Bonchev–Trinajstić information content (AvgIpc) is 3.02. The van der Waals surface area contributed by atoms with Crippen LogP contribution in [0.25, 0.3) is 11.3 Å². The summed E-state index contributed by atoms with van der Waals surface area (Å²) in [5.74, 6) is 0.396. The van der Waals surface area contributed by atoms with Gasteiger partial charge in [0.2, 0.25) is 0 Å². The molecule has 0 aliphatic heterocycles. The summed E-state index contributed by atoms with van der Waals surface area (Å²) in [4.78, 5) is 14.5. The number of nitrogens with zero attached hydrogens (tertiary/aromatic N) is 3. The van der Waals surface area contributed by atoms with E-state index in [4.69, 9.17) is 17.3 Å². The molecule has 0 radical (unpaired) electrons. The van der Waals surface area contributed by atoms with Crippen molar-refractivity contribution < 1.29 is 4.79 Å². The zero-order chi connectivity index (χ0) is 21.5. The largest absolute Gasteiger partial charge is 0.382 e. The van der Waals surface area contributed by atoms with E-state index in [-0.39, 0.29) is 6.03 Å². The maximum Gasteiger partial charge on any atom is 0.319 e. The van der Waals surface area contributed by atoms with E-state index in [1.165, 1.54) is 0 Å². The molecular formula is C22H27ClN6O. The number of benzene rings is 2. The molecule has 0 spiro atoms. The number of rotatable bonds is 8. The van der Waals surface area contributed by atoms with E-state index in [1.54, 1.807) is 16.8 Å². The number of halogens is 1. The molecule has 2 aromatic carbocycles. The molecule has 0 saturated heterocycles. The van der Waals surface area contributed by atoms with Gasteiger partial charge in [-0.2, -0.15) is 5.10 Å². The van der Waals surface area contributed by atoms with Crippen LogP contribution >= 0.6 is 11.6 Å². The van der Waals surface area contributed by atoms with Gasteiger partial charge in [-0.25, -0.2) is 9.48 Å². The molecule has 7 nitrogen and oxygen atoms in total. The second-order valence-corrected chi connectivity index (χ2v) is 7.73. The maximum atomic E-state index is 12.5. The van der Waals surface area contributed by atoms with E-state index >= 15 is 0 Å². The van der Waals surface area contributed by atoms with Crippen molar-refractivity contribution in [2.24, 2.45) is 0 Å². The summed E-state index contributed by atoms with van der Waals surface area (Å²) < 4.78 is 1.70. The number of carbonyl (C=O) groups excluding carboxylic acids is 1. The van der Waals surface area contributed by atoms with Crippen molar-refractivity contribution in [3.05, 3.63) is 65.2 Å². The minimum absolute atomic E-state index is 0.310. The lowest BCUT2D eigenvalue weighted by Crippen LogP contribution is -2.31. The lowest BCUT2D eigenvalue weighted by Gasteiger charge is -2.11. The molecule has 0 atom stereocenters. The fourth-order valence-electron chi connectivity index (χ4n) is 3.04. The van der Waals surface area contributed by atoms with Crippen molar-refractivity contribution in [2.45, 2.75) is 13.0 Å². The standard InChI is InChI=1S/C22H27ClN6O/c1-28(2)14-6-13-25-22(30)26-20-19(17-9-11-18(23)12-10-17)27-29(21(20)24)15-16-7-4-3-5-8-16/h3-5,7-12H,6,13-15,24H2,1-2H3,(H2,25,26,30). The Balaban J connectivity index is 1.83. The molecule has 30 heavy (non-hydrogen) atoms. The SMILES string of the molecule is CN(C)CCCNC(=O)Nc1c(-c2ccc(Cl)cc2)nn(Cc2ccccc2)c1N. The quantitative estimate of drug-likeness (QED) is 0.476. The first-order valence-electron chi connectivity index (χ1n) is 9.80. The number of nitrogen functional groups attached to an aromatic ring is 1. The van der Waals surface area contributed by atoms with Crippen LogP contribution in [-0.4, -0.2) is 47.9 Å². The number of amides is 2. The average molecular weight is 427 g/mol. The van der Waals surface area contributed by atoms with Gasteiger partial charge < -0.3 is 21.3 Å². The highest BCUT2D eigenvalue weighted by atomic mass is 35.5. The highest BCUT2D eigenvalue weighted by Gasteiger charge is 2.19. The fourth-order valence-corrected chi connectivity index (χ4v) is 3.17. The molecule has 0 bridgehead atoms. The van der Waals surface area contributed by atoms with Gasteiger partial charge in [0.1, 0.15) is 17.2 Å². The first-order valence-corrected chi connectivity index (χ1v) is 10.2. The Morgan fingerprint density at radius 3 is 2.50 bits per heavy atom. The van der Waals surface area contributed by atoms with Gasteiger partial charge in [0.25, 0.3) is 0 Å². The molecular weight excluding hydrogens is 400 g/mol. The van der Waals surface area contributed by atoms with Gasteiger partial charge in [-0.05, 0) is 44.8 Å². The van der Waals surface area contributed by atoms with Crippen molar-refractivity contribution in [3.8, 4) is 11.3 Å². The molecule has 0 aliphatic carbocycles. The molecule has 1 aromatic heterocycles. The summed E-state index contributed by atoms with van der Waals surface area (Å²) in [5.41, 5.74) is 9.36. The van der Waals surface area contributed by atoms with Crippen LogP contribution in [0.3, 0.4) is 0 Å². The molecule has 3 aromatic rings. The summed E-state index contributed by atoms with van der Waals surface area (Å²) in [5, 5.41) is 11.1. The molecule has 2 amide bonds. The van der Waals surface area contributed by atoms with Gasteiger partial charge in [0.05, 0.1) is 6.54 Å². The second kappa shape index (κ2) is 10.1. The normalized spacial score (nSPS) is 10.9. The van der Waals surface area contributed by atoms with Gasteiger partial charge >= 0.3 is 6.03 Å². The summed E-state index contributed by atoms with van der Waals surface area (Å²) in [7, 11) is 4.00. The zero-order valence-corrected chi connectivity index (χ0v) is 18.0. The van der Waals surface area contributed by atoms with E-state index in [0.29, 0.717) is 35.3 Å². The van der Waals surface area contributed by atoms with Crippen LogP contribution in [0.2, 0.25) is 5.02 Å². The highest BCUT2D eigenvalue weighted by Crippen LogP contribution is 2.33. The molecule has 8 heteroatoms. The lowest BCUT2D eigenvalue weighted by atomic mass is 10.1. The van der Waals surface area contributed by atoms with Crippen LogP contribution in [0.5, 0.6) is 0 Å². The lowest BCUT2D eigenvalue weighted by molar-refractivity contribution is 0.251. The smallest absolute Gasteiger partial charge is 0.319 e. The van der Waals surface area contributed by atoms with Crippen LogP contribution in [0.15, 0.2) is 54.6 Å². The van der Waals surface area contributed by atoms with Gasteiger partial charge in [0, 0.05) is 17.1 Å². The van der Waals surface area contributed by atoms with E-state index in [0.717, 1.165) is 24.1 Å². The van der Waals surface area contributed by atoms with Crippen molar-refractivity contribution >= 4 is 29.1 Å². The first kappa shape index (κ1) is 21.7. The summed E-state index contributed by atoms with van der Waals surface area (Å²) in [6, 6.07) is 16.9. The number of aromatic nitrogens is 2. The van der Waals surface area contributed by atoms with E-state index < -0.39 is 0 Å². The molecule has 3 rings (SSSR count). The first-order chi connectivity index (χ1) is 14.4. The molecule has 0 saturated carbocycles. The van der Waals surface area contributed by atoms with Gasteiger partial charge in [0.15, 0.2) is 0 Å². The third kappa shape index (κ3) is 5.75. The Hall–Kier alpha value is -3.03. The van der Waals surface area contributed by atoms with Gasteiger partial charge in [-0.15, -0.1) is 0 Å². The Morgan fingerprint density at radius 1 is 1.13 bits per heavy atom. The van der Waals surface area contributed by atoms with Gasteiger partial charge in [-0.3, -0.25) is 0 Å². The summed E-state index contributed by atoms with van der Waals surface area (Å²) in [6.07, 6.45) is 0.854. The number of carbonyl (C=O) groups is 1. The van der Waals surface area contributed by atoms with E-state index in [1.807, 2.05) is 56.6 Å². The van der Waals surface area contributed by atoms with Crippen LogP contribution in [0.1, 0.15) is 12.0 Å². The van der Waals surface area contributed by atoms with E-state index in [9.17, 15) is 4.79 Å². The summed E-state index contributed by atoms with van der Waals surface area (Å²) in [6.45, 7) is 1.96.